The van der Waals surface area contributed by atoms with Crippen LogP contribution in [0.15, 0.2) is 15.9 Å². The van der Waals surface area contributed by atoms with Crippen LogP contribution in [0.1, 0.15) is 17.6 Å². The number of hydrogen-bond acceptors (Lipinski definition) is 4. The quantitative estimate of drug-likeness (QED) is 0.756. The van der Waals surface area contributed by atoms with Gasteiger partial charge in [-0.25, -0.2) is 22.3 Å². The number of nitriles is 1. The van der Waals surface area contributed by atoms with Gasteiger partial charge >= 0.3 is 0 Å². The normalized spacial score (nSPS) is 11.4. The van der Waals surface area contributed by atoms with Crippen LogP contribution in [0.2, 0.25) is 0 Å². The van der Waals surface area contributed by atoms with Crippen molar-refractivity contribution in [2.75, 3.05) is 0 Å². The van der Waals surface area contributed by atoms with Gasteiger partial charge in [0.15, 0.2) is 0 Å². The third-order valence-electron chi connectivity index (χ3n) is 1.73. The van der Waals surface area contributed by atoms with Crippen LogP contribution < -0.4 is 10.7 Å². The molecule has 0 aliphatic carbocycles. The number of sulfonamides is 1. The van der Waals surface area contributed by atoms with Crippen molar-refractivity contribution in [3.8, 4) is 6.07 Å². The van der Waals surface area contributed by atoms with E-state index in [0.29, 0.717) is 6.20 Å². The van der Waals surface area contributed by atoms with Crippen LogP contribution in [0.25, 0.3) is 0 Å². The van der Waals surface area contributed by atoms with Gasteiger partial charge in [-0.1, -0.05) is 0 Å². The first-order valence-electron chi connectivity index (χ1n) is 3.75. The molecule has 0 aliphatic rings. The summed E-state index contributed by atoms with van der Waals surface area (Å²) in [6.45, 7) is 0. The minimum atomic E-state index is -4.34. The molecule has 1 heterocycles. The standard InChI is InChI=1S/C7H5F2N3O3S/c8-6(9)5-3(1-10)4(16(11,14)15)2-12-7(5)13/h2,6H,(H,12,13)(H2,11,14,15). The van der Waals surface area contributed by atoms with Crippen LogP contribution in [0, 0.1) is 11.3 Å². The molecule has 0 saturated heterocycles. The third kappa shape index (κ3) is 2.07. The van der Waals surface area contributed by atoms with Gasteiger partial charge in [0.05, 0.1) is 5.56 Å². The Morgan fingerprint density at radius 3 is 2.44 bits per heavy atom. The van der Waals surface area contributed by atoms with Gasteiger partial charge in [-0.15, -0.1) is 0 Å². The maximum absolute atomic E-state index is 12.4. The Kier molecular flexibility index (Phi) is 3.06. The smallest absolute Gasteiger partial charge is 0.270 e. The van der Waals surface area contributed by atoms with Gasteiger partial charge in [0.25, 0.3) is 12.0 Å². The molecule has 0 radical (unpaired) electrons. The highest BCUT2D eigenvalue weighted by Gasteiger charge is 2.25. The number of halogens is 2. The number of aromatic nitrogens is 1. The van der Waals surface area contributed by atoms with E-state index in [1.54, 1.807) is 4.98 Å². The number of aromatic amines is 1. The maximum atomic E-state index is 12.4. The number of pyridine rings is 1. The maximum Gasteiger partial charge on any atom is 0.270 e. The van der Waals surface area contributed by atoms with Gasteiger partial charge in [0, 0.05) is 6.20 Å². The van der Waals surface area contributed by atoms with Gasteiger partial charge in [-0.05, 0) is 0 Å². The van der Waals surface area contributed by atoms with Crippen LogP contribution in [-0.4, -0.2) is 13.4 Å². The average Bonchev–Trinajstić information content (AvgIpc) is 2.14. The Bertz CT molecular complexity index is 615. The second-order valence-corrected chi connectivity index (χ2v) is 4.26. The molecule has 0 unspecified atom stereocenters. The summed E-state index contributed by atoms with van der Waals surface area (Å²) >= 11 is 0. The fourth-order valence-electron chi connectivity index (χ4n) is 1.08. The first-order valence-corrected chi connectivity index (χ1v) is 5.30. The van der Waals surface area contributed by atoms with Gasteiger partial charge in [0.1, 0.15) is 16.5 Å². The number of nitrogens with two attached hydrogens (primary N) is 1. The van der Waals surface area contributed by atoms with Crippen molar-refractivity contribution in [2.24, 2.45) is 5.14 Å². The van der Waals surface area contributed by atoms with Crippen molar-refractivity contribution in [1.82, 2.24) is 4.98 Å². The van der Waals surface area contributed by atoms with Gasteiger partial charge in [0.2, 0.25) is 10.0 Å². The van der Waals surface area contributed by atoms with E-state index in [1.807, 2.05) is 0 Å². The van der Waals surface area contributed by atoms with E-state index in [4.69, 9.17) is 10.4 Å². The van der Waals surface area contributed by atoms with Crippen LogP contribution in [0.3, 0.4) is 0 Å². The Labute approximate surface area is 88.4 Å². The number of primary sulfonamides is 1. The number of H-pyrrole nitrogens is 1. The second kappa shape index (κ2) is 3.99. The Morgan fingerprint density at radius 1 is 1.50 bits per heavy atom. The molecule has 0 spiro atoms. The molecule has 3 N–H and O–H groups in total. The zero-order valence-corrected chi connectivity index (χ0v) is 8.38. The summed E-state index contributed by atoms with van der Waals surface area (Å²) in [5.74, 6) is 0. The Balaban J connectivity index is 3.79. The molecule has 9 heteroatoms. The lowest BCUT2D eigenvalue weighted by Crippen LogP contribution is -2.21. The summed E-state index contributed by atoms with van der Waals surface area (Å²) in [5, 5.41) is 13.3. The molecular formula is C7H5F2N3O3S. The van der Waals surface area contributed by atoms with Crippen LogP contribution in [-0.2, 0) is 10.0 Å². The van der Waals surface area contributed by atoms with Crippen LogP contribution >= 0.6 is 0 Å². The van der Waals surface area contributed by atoms with E-state index in [9.17, 15) is 22.0 Å². The van der Waals surface area contributed by atoms with Crippen LogP contribution in [0.5, 0.6) is 0 Å². The fourth-order valence-corrected chi connectivity index (χ4v) is 1.74. The van der Waals surface area contributed by atoms with Gasteiger partial charge < -0.3 is 4.98 Å². The monoisotopic (exact) mass is 249 g/mol. The number of nitrogens with one attached hydrogen (secondary N) is 1. The number of hydrogen-bond donors (Lipinski definition) is 2. The third-order valence-corrected chi connectivity index (χ3v) is 2.67. The molecule has 0 bridgehead atoms. The molecule has 0 aromatic carbocycles. The lowest BCUT2D eigenvalue weighted by Gasteiger charge is -2.05. The van der Waals surface area contributed by atoms with Crippen molar-refractivity contribution >= 4 is 10.0 Å². The lowest BCUT2D eigenvalue weighted by atomic mass is 10.1. The molecule has 0 fully saturated rings. The van der Waals surface area contributed by atoms with Crippen molar-refractivity contribution in [1.29, 1.82) is 5.26 Å². The second-order valence-electron chi connectivity index (χ2n) is 2.73. The van der Waals surface area contributed by atoms with Gasteiger partial charge in [-0.2, -0.15) is 5.26 Å². The van der Waals surface area contributed by atoms with Gasteiger partial charge in [-0.3, -0.25) is 4.79 Å². The molecule has 0 atom stereocenters. The topological polar surface area (TPSA) is 117 Å². The predicted octanol–water partition coefficient (Wildman–Crippen LogP) is -0.168. The average molecular weight is 249 g/mol. The highest BCUT2D eigenvalue weighted by atomic mass is 32.2. The summed E-state index contributed by atoms with van der Waals surface area (Å²) in [4.78, 5) is 12.0. The largest absolute Gasteiger partial charge is 0.327 e. The molecule has 0 aliphatic heterocycles. The molecule has 1 aromatic rings. The Hall–Kier alpha value is -1.79. The molecular weight excluding hydrogens is 244 g/mol. The highest BCUT2D eigenvalue weighted by molar-refractivity contribution is 7.89. The summed E-state index contributed by atoms with van der Waals surface area (Å²) in [6.07, 6.45) is -2.65. The minimum Gasteiger partial charge on any atom is -0.327 e. The lowest BCUT2D eigenvalue weighted by molar-refractivity contribution is 0.149. The molecule has 0 saturated carbocycles. The molecule has 1 aromatic heterocycles. The van der Waals surface area contributed by atoms with Crippen molar-refractivity contribution < 1.29 is 17.2 Å². The SMILES string of the molecule is N#Cc1c(S(N)(=O)=O)c[nH]c(=O)c1C(F)F. The summed E-state index contributed by atoms with van der Waals surface area (Å²) < 4.78 is 46.8. The fraction of sp³-hybridized carbons (Fsp3) is 0.143. The predicted molar refractivity (Wildman–Crippen MR) is 48.1 cm³/mol. The zero-order chi connectivity index (χ0) is 12.5. The number of nitrogens with zero attached hydrogens (tertiary/aromatic N) is 1. The van der Waals surface area contributed by atoms with E-state index in [0.717, 1.165) is 0 Å². The van der Waals surface area contributed by atoms with Crippen molar-refractivity contribution in [2.45, 2.75) is 11.3 Å². The molecule has 0 amide bonds. The van der Waals surface area contributed by atoms with Crippen molar-refractivity contribution in [3.05, 3.63) is 27.7 Å². The molecule has 16 heavy (non-hydrogen) atoms. The van der Waals surface area contributed by atoms with Crippen LogP contribution in [0.4, 0.5) is 8.78 Å². The Morgan fingerprint density at radius 2 is 2.06 bits per heavy atom. The number of alkyl halides is 2. The van der Waals surface area contributed by atoms with Crippen molar-refractivity contribution in [3.63, 3.8) is 0 Å². The molecule has 86 valence electrons. The van der Waals surface area contributed by atoms with E-state index >= 15 is 0 Å². The minimum absolute atomic E-state index is 0.613. The number of rotatable bonds is 2. The summed E-state index contributed by atoms with van der Waals surface area (Å²) in [5.41, 5.74) is -3.35. The molecule has 1 rings (SSSR count). The molecule has 6 nitrogen and oxygen atoms in total. The van der Waals surface area contributed by atoms with E-state index < -0.39 is 38.0 Å². The summed E-state index contributed by atoms with van der Waals surface area (Å²) in [6, 6.07) is 1.23. The first-order chi connectivity index (χ1) is 7.29. The van der Waals surface area contributed by atoms with E-state index in [2.05, 4.69) is 0 Å². The first kappa shape index (κ1) is 12.3. The zero-order valence-electron chi connectivity index (χ0n) is 7.57. The highest BCUT2D eigenvalue weighted by Crippen LogP contribution is 2.22. The van der Waals surface area contributed by atoms with E-state index in [1.165, 1.54) is 6.07 Å². The van der Waals surface area contributed by atoms with E-state index in [-0.39, 0.29) is 0 Å². The summed E-state index contributed by atoms with van der Waals surface area (Å²) in [7, 11) is -4.34.